The minimum atomic E-state index is -0.838. The maximum absolute atomic E-state index is 11.0. The SMILES string of the molecule is O=C(I)N1CCC2CC21C(=O)O. The second kappa shape index (κ2) is 2.34. The second-order valence-corrected chi connectivity index (χ2v) is 4.25. The van der Waals surface area contributed by atoms with Crippen molar-refractivity contribution in [2.45, 2.75) is 18.4 Å². The van der Waals surface area contributed by atoms with Crippen molar-refractivity contribution in [3.8, 4) is 0 Å². The van der Waals surface area contributed by atoms with E-state index < -0.39 is 11.5 Å². The first kappa shape index (κ1) is 8.28. The molecule has 1 aliphatic carbocycles. The average molecular weight is 281 g/mol. The molecule has 0 spiro atoms. The molecule has 5 heteroatoms. The fraction of sp³-hybridized carbons (Fsp3) is 0.714. The third-order valence-electron chi connectivity index (χ3n) is 2.84. The van der Waals surface area contributed by atoms with Crippen molar-refractivity contribution in [1.82, 2.24) is 4.90 Å². The van der Waals surface area contributed by atoms with Crippen molar-refractivity contribution in [3.63, 3.8) is 0 Å². The summed E-state index contributed by atoms with van der Waals surface area (Å²) in [4.78, 5) is 23.4. The molecule has 0 bridgehead atoms. The third kappa shape index (κ3) is 0.826. The first-order valence-electron chi connectivity index (χ1n) is 3.79. The Balaban J connectivity index is 2.27. The maximum Gasteiger partial charge on any atom is 0.329 e. The van der Waals surface area contributed by atoms with Crippen LogP contribution in [0.2, 0.25) is 0 Å². The minimum absolute atomic E-state index is 0.144. The van der Waals surface area contributed by atoms with Gasteiger partial charge in [-0.15, -0.1) is 0 Å². The van der Waals surface area contributed by atoms with Crippen LogP contribution in [0.5, 0.6) is 0 Å². The molecule has 1 saturated heterocycles. The molecule has 4 nitrogen and oxygen atoms in total. The molecule has 0 radical (unpaired) electrons. The minimum Gasteiger partial charge on any atom is -0.479 e. The van der Waals surface area contributed by atoms with E-state index in [9.17, 15) is 9.59 Å². The number of halogens is 1. The number of aliphatic carboxylic acids is 1. The predicted molar refractivity (Wildman–Crippen MR) is 49.2 cm³/mol. The number of piperidine rings is 1. The van der Waals surface area contributed by atoms with Gasteiger partial charge in [0.2, 0.25) is 0 Å². The zero-order chi connectivity index (χ0) is 8.93. The molecule has 2 rings (SSSR count). The Bertz CT molecular complexity index is 267. The Morgan fingerprint density at radius 1 is 1.58 bits per heavy atom. The van der Waals surface area contributed by atoms with Crippen molar-refractivity contribution < 1.29 is 14.7 Å². The average Bonchev–Trinajstić information content (AvgIpc) is 2.58. The Labute approximate surface area is 83.1 Å². The predicted octanol–water partition coefficient (Wildman–Crippen LogP) is 1.09. The summed E-state index contributed by atoms with van der Waals surface area (Å²) in [5.74, 6) is -0.622. The topological polar surface area (TPSA) is 57.6 Å². The van der Waals surface area contributed by atoms with Crippen LogP contribution in [0.4, 0.5) is 4.79 Å². The van der Waals surface area contributed by atoms with Gasteiger partial charge in [-0.25, -0.2) is 4.79 Å². The summed E-state index contributed by atoms with van der Waals surface area (Å²) in [7, 11) is 0. The summed E-state index contributed by atoms with van der Waals surface area (Å²) in [5.41, 5.74) is -0.807. The summed E-state index contributed by atoms with van der Waals surface area (Å²) >= 11 is 1.65. The molecule has 1 heterocycles. The van der Waals surface area contributed by atoms with Gasteiger partial charge < -0.3 is 10.0 Å². The molecule has 2 fully saturated rings. The van der Waals surface area contributed by atoms with E-state index in [1.54, 1.807) is 22.6 Å². The lowest BCUT2D eigenvalue weighted by molar-refractivity contribution is -0.143. The number of carbonyl (C=O) groups excluding carboxylic acids is 1. The quantitative estimate of drug-likeness (QED) is 0.444. The maximum atomic E-state index is 11.0. The number of nitrogens with zero attached hydrogens (tertiary/aromatic N) is 1. The number of amides is 1. The van der Waals surface area contributed by atoms with Crippen LogP contribution in [0.25, 0.3) is 0 Å². The standard InChI is InChI=1S/C7H8INO3/c8-6(12)9-2-1-4-3-7(4,9)5(10)11/h4H,1-3H2,(H,10,11). The lowest BCUT2D eigenvalue weighted by atomic mass is 10.2. The van der Waals surface area contributed by atoms with Gasteiger partial charge >= 0.3 is 5.97 Å². The highest BCUT2D eigenvalue weighted by atomic mass is 127. The molecule has 1 aliphatic heterocycles. The number of fused-ring (bicyclic) bond motifs is 1. The molecule has 2 atom stereocenters. The van der Waals surface area contributed by atoms with Gasteiger partial charge in [-0.1, -0.05) is 0 Å². The van der Waals surface area contributed by atoms with Crippen LogP contribution in [-0.4, -0.2) is 32.0 Å². The first-order valence-corrected chi connectivity index (χ1v) is 4.87. The highest BCUT2D eigenvalue weighted by molar-refractivity contribution is 14.1. The van der Waals surface area contributed by atoms with Crippen LogP contribution in [0.15, 0.2) is 0 Å². The van der Waals surface area contributed by atoms with Gasteiger partial charge in [-0.2, -0.15) is 0 Å². The number of hydrogen-bond acceptors (Lipinski definition) is 2. The van der Waals surface area contributed by atoms with Gasteiger partial charge in [-0.3, -0.25) is 4.79 Å². The molecule has 2 unspecified atom stereocenters. The molecular formula is C7H8INO3. The second-order valence-electron chi connectivity index (χ2n) is 3.32. The number of rotatable bonds is 1. The molecule has 1 saturated carbocycles. The first-order chi connectivity index (χ1) is 5.59. The van der Waals surface area contributed by atoms with Crippen molar-refractivity contribution >= 4 is 32.5 Å². The fourth-order valence-corrected chi connectivity index (χ4v) is 2.77. The number of hydrogen-bond donors (Lipinski definition) is 1. The van der Waals surface area contributed by atoms with E-state index >= 15 is 0 Å². The van der Waals surface area contributed by atoms with Gasteiger partial charge in [0.15, 0.2) is 0 Å². The van der Waals surface area contributed by atoms with E-state index in [1.807, 2.05) is 0 Å². The van der Waals surface area contributed by atoms with E-state index in [-0.39, 0.29) is 9.83 Å². The zero-order valence-corrected chi connectivity index (χ0v) is 8.45. The number of likely N-dealkylation sites (tertiary alicyclic amines) is 1. The summed E-state index contributed by atoms with van der Waals surface area (Å²) in [6.45, 7) is 0.610. The van der Waals surface area contributed by atoms with Crippen LogP contribution < -0.4 is 0 Å². The summed E-state index contributed by atoms with van der Waals surface area (Å²) in [6.07, 6.45) is 1.50. The Morgan fingerprint density at radius 3 is 2.58 bits per heavy atom. The van der Waals surface area contributed by atoms with Crippen LogP contribution in [0.3, 0.4) is 0 Å². The Hall–Kier alpha value is -0.330. The van der Waals surface area contributed by atoms with Gasteiger partial charge in [0.05, 0.1) is 0 Å². The highest BCUT2D eigenvalue weighted by Crippen LogP contribution is 2.56. The number of carboxylic acids is 1. The van der Waals surface area contributed by atoms with E-state index in [0.717, 1.165) is 6.42 Å². The van der Waals surface area contributed by atoms with Crippen molar-refractivity contribution in [2.75, 3.05) is 6.54 Å². The van der Waals surface area contributed by atoms with Crippen molar-refractivity contribution in [3.05, 3.63) is 0 Å². The zero-order valence-electron chi connectivity index (χ0n) is 6.29. The van der Waals surface area contributed by atoms with Crippen molar-refractivity contribution in [2.24, 2.45) is 5.92 Å². The van der Waals surface area contributed by atoms with Crippen LogP contribution >= 0.6 is 22.6 Å². The molecule has 66 valence electrons. The van der Waals surface area contributed by atoms with Gasteiger partial charge in [-0.05, 0) is 18.8 Å². The fourth-order valence-electron chi connectivity index (χ4n) is 2.09. The largest absolute Gasteiger partial charge is 0.479 e. The Morgan fingerprint density at radius 2 is 2.25 bits per heavy atom. The molecular weight excluding hydrogens is 273 g/mol. The molecule has 2 aliphatic rings. The molecule has 1 amide bonds. The van der Waals surface area contributed by atoms with Gasteiger partial charge in [0.25, 0.3) is 3.91 Å². The summed E-state index contributed by atoms with van der Waals surface area (Å²) in [5, 5.41) is 8.94. The molecule has 0 aromatic carbocycles. The molecule has 12 heavy (non-hydrogen) atoms. The molecule has 0 aromatic rings. The third-order valence-corrected chi connectivity index (χ3v) is 3.42. The molecule has 1 N–H and O–H groups in total. The highest BCUT2D eigenvalue weighted by Gasteiger charge is 2.68. The van der Waals surface area contributed by atoms with Crippen molar-refractivity contribution in [1.29, 1.82) is 0 Å². The van der Waals surface area contributed by atoms with Crippen LogP contribution in [0, 0.1) is 5.92 Å². The number of carbonyl (C=O) groups is 2. The van der Waals surface area contributed by atoms with Crippen LogP contribution in [-0.2, 0) is 4.79 Å². The van der Waals surface area contributed by atoms with Gasteiger partial charge in [0, 0.05) is 29.1 Å². The monoisotopic (exact) mass is 281 g/mol. The molecule has 0 aromatic heterocycles. The number of carboxylic acid groups (broad SMARTS) is 1. The van der Waals surface area contributed by atoms with Gasteiger partial charge in [0.1, 0.15) is 5.54 Å². The summed E-state index contributed by atoms with van der Waals surface area (Å²) in [6, 6.07) is 0. The van der Waals surface area contributed by atoms with E-state index in [2.05, 4.69) is 0 Å². The lowest BCUT2D eigenvalue weighted by Crippen LogP contribution is -2.42. The van der Waals surface area contributed by atoms with Crippen LogP contribution in [0.1, 0.15) is 12.8 Å². The smallest absolute Gasteiger partial charge is 0.329 e. The summed E-state index contributed by atoms with van der Waals surface area (Å²) < 4.78 is -0.144. The van der Waals surface area contributed by atoms with E-state index in [1.165, 1.54) is 4.90 Å². The lowest BCUT2D eigenvalue weighted by Gasteiger charge is -2.21. The Kier molecular flexibility index (Phi) is 1.61. The van der Waals surface area contributed by atoms with E-state index in [0.29, 0.717) is 13.0 Å². The van der Waals surface area contributed by atoms with E-state index in [4.69, 9.17) is 5.11 Å². The normalized spacial score (nSPS) is 37.8.